The maximum Gasteiger partial charge on any atom is 0.185 e. The van der Waals surface area contributed by atoms with E-state index in [-0.39, 0.29) is 11.5 Å². The number of carbonyl (C=O) groups is 1. The fourth-order valence-electron chi connectivity index (χ4n) is 1.71. The van der Waals surface area contributed by atoms with Crippen LogP contribution in [0.1, 0.15) is 15.9 Å². The zero-order valence-electron chi connectivity index (χ0n) is 10.8. The van der Waals surface area contributed by atoms with Crippen LogP contribution in [0.4, 0.5) is 0 Å². The van der Waals surface area contributed by atoms with Crippen molar-refractivity contribution in [1.82, 2.24) is 0 Å². The summed E-state index contributed by atoms with van der Waals surface area (Å²) in [6, 6.07) is 12.2. The molecule has 0 aromatic heterocycles. The summed E-state index contributed by atoms with van der Waals surface area (Å²) in [5.41, 5.74) is 1.38. The fraction of sp³-hybridized carbons (Fsp3) is 0.0625. The van der Waals surface area contributed by atoms with E-state index >= 15 is 0 Å². The van der Waals surface area contributed by atoms with Crippen molar-refractivity contribution in [2.45, 2.75) is 0 Å². The third kappa shape index (κ3) is 3.27. The van der Waals surface area contributed by atoms with E-state index in [1.165, 1.54) is 19.3 Å². The Hall–Kier alpha value is -2.07. The predicted molar refractivity (Wildman–Crippen MR) is 82.2 cm³/mol. The Kier molecular flexibility index (Phi) is 4.58. The highest BCUT2D eigenvalue weighted by molar-refractivity contribution is 9.10. The van der Waals surface area contributed by atoms with Gasteiger partial charge in [-0.25, -0.2) is 0 Å². The van der Waals surface area contributed by atoms with Gasteiger partial charge in [-0.15, -0.1) is 0 Å². The lowest BCUT2D eigenvalue weighted by Crippen LogP contribution is -1.93. The molecular weight excluding hydrogens is 320 g/mol. The number of benzene rings is 2. The number of hydrogen-bond acceptors (Lipinski definition) is 3. The van der Waals surface area contributed by atoms with Gasteiger partial charge in [-0.1, -0.05) is 46.3 Å². The van der Waals surface area contributed by atoms with Crippen molar-refractivity contribution in [3.63, 3.8) is 0 Å². The molecule has 0 spiro atoms. The first-order valence-corrected chi connectivity index (χ1v) is 6.75. The summed E-state index contributed by atoms with van der Waals surface area (Å²) in [6.45, 7) is 0. The largest absolute Gasteiger partial charge is 0.504 e. The molecule has 4 heteroatoms. The summed E-state index contributed by atoms with van der Waals surface area (Å²) in [6.07, 6.45) is 3.17. The molecule has 1 N–H and O–H groups in total. The Labute approximate surface area is 125 Å². The Morgan fingerprint density at radius 2 is 1.95 bits per heavy atom. The quantitative estimate of drug-likeness (QED) is 0.678. The van der Waals surface area contributed by atoms with Crippen molar-refractivity contribution in [1.29, 1.82) is 0 Å². The van der Waals surface area contributed by atoms with E-state index in [9.17, 15) is 9.90 Å². The maximum atomic E-state index is 12.0. The van der Waals surface area contributed by atoms with Crippen LogP contribution in [-0.2, 0) is 0 Å². The van der Waals surface area contributed by atoms with Crippen molar-refractivity contribution in [3.05, 3.63) is 64.1 Å². The highest BCUT2D eigenvalue weighted by atomic mass is 79.9. The molecule has 20 heavy (non-hydrogen) atoms. The zero-order valence-corrected chi connectivity index (χ0v) is 12.4. The van der Waals surface area contributed by atoms with E-state index in [1.54, 1.807) is 24.3 Å². The molecule has 3 nitrogen and oxygen atoms in total. The summed E-state index contributed by atoms with van der Waals surface area (Å²) >= 11 is 3.34. The standard InChI is InChI=1S/C16H13BrO3/c1-20-16-9-12(13(17)10-15(16)19)7-8-14(18)11-5-3-2-4-6-11/h2-10,19H,1H3. The summed E-state index contributed by atoms with van der Waals surface area (Å²) < 4.78 is 5.73. The van der Waals surface area contributed by atoms with E-state index < -0.39 is 0 Å². The van der Waals surface area contributed by atoms with E-state index in [4.69, 9.17) is 4.74 Å². The topological polar surface area (TPSA) is 46.5 Å². The lowest BCUT2D eigenvalue weighted by atomic mass is 10.1. The van der Waals surface area contributed by atoms with Gasteiger partial charge in [0.15, 0.2) is 17.3 Å². The maximum absolute atomic E-state index is 12.0. The number of aromatic hydroxyl groups is 1. The van der Waals surface area contributed by atoms with Crippen LogP contribution in [0, 0.1) is 0 Å². The summed E-state index contributed by atoms with van der Waals surface area (Å²) in [7, 11) is 1.48. The number of phenols is 1. The van der Waals surface area contributed by atoms with Crippen molar-refractivity contribution in [2.75, 3.05) is 7.11 Å². The van der Waals surface area contributed by atoms with Crippen molar-refractivity contribution in [2.24, 2.45) is 0 Å². The predicted octanol–water partition coefficient (Wildman–Crippen LogP) is 4.06. The molecular formula is C16H13BrO3. The van der Waals surface area contributed by atoms with Gasteiger partial charge < -0.3 is 9.84 Å². The van der Waals surface area contributed by atoms with Gasteiger partial charge in [0.1, 0.15) is 0 Å². The smallest absolute Gasteiger partial charge is 0.185 e. The second-order valence-corrected chi connectivity index (χ2v) is 4.96. The molecule has 0 aliphatic heterocycles. The van der Waals surface area contributed by atoms with Gasteiger partial charge in [0, 0.05) is 10.0 Å². The van der Waals surface area contributed by atoms with Gasteiger partial charge in [0.05, 0.1) is 7.11 Å². The van der Waals surface area contributed by atoms with Crippen molar-refractivity contribution >= 4 is 27.8 Å². The fourth-order valence-corrected chi connectivity index (χ4v) is 2.18. The molecule has 0 bridgehead atoms. The average molecular weight is 333 g/mol. The van der Waals surface area contributed by atoms with Gasteiger partial charge in [0.25, 0.3) is 0 Å². The molecule has 0 saturated carbocycles. The Morgan fingerprint density at radius 3 is 2.60 bits per heavy atom. The van der Waals surface area contributed by atoms with Gasteiger partial charge in [-0.2, -0.15) is 0 Å². The Bertz CT molecular complexity index is 648. The van der Waals surface area contributed by atoms with Crippen LogP contribution >= 0.6 is 15.9 Å². The first-order valence-electron chi connectivity index (χ1n) is 5.96. The minimum atomic E-state index is -0.0791. The van der Waals surface area contributed by atoms with Crippen LogP contribution < -0.4 is 4.74 Å². The number of ketones is 1. The van der Waals surface area contributed by atoms with Crippen molar-refractivity contribution < 1.29 is 14.6 Å². The molecule has 2 aromatic carbocycles. The molecule has 102 valence electrons. The summed E-state index contributed by atoms with van der Waals surface area (Å²) in [5.74, 6) is 0.329. The minimum absolute atomic E-state index is 0.0471. The lowest BCUT2D eigenvalue weighted by molar-refractivity contribution is 0.104. The Balaban J connectivity index is 2.26. The molecule has 2 aromatic rings. The van der Waals surface area contributed by atoms with Crippen LogP contribution in [0.2, 0.25) is 0 Å². The van der Waals surface area contributed by atoms with Crippen LogP contribution in [0.5, 0.6) is 11.5 Å². The first-order chi connectivity index (χ1) is 9.61. The number of methoxy groups -OCH3 is 1. The third-order valence-electron chi connectivity index (χ3n) is 2.77. The second-order valence-electron chi connectivity index (χ2n) is 4.11. The lowest BCUT2D eigenvalue weighted by Gasteiger charge is -2.06. The van der Waals surface area contributed by atoms with Crippen LogP contribution in [0.15, 0.2) is 53.0 Å². The van der Waals surface area contributed by atoms with E-state index in [1.807, 2.05) is 18.2 Å². The van der Waals surface area contributed by atoms with Gasteiger partial charge >= 0.3 is 0 Å². The molecule has 0 saturated heterocycles. The first kappa shape index (κ1) is 14.3. The van der Waals surface area contributed by atoms with Crippen LogP contribution in [0.3, 0.4) is 0 Å². The van der Waals surface area contributed by atoms with E-state index in [2.05, 4.69) is 15.9 Å². The number of halogens is 1. The normalized spacial score (nSPS) is 10.7. The number of ether oxygens (including phenoxy) is 1. The number of rotatable bonds is 4. The number of phenolic OH excluding ortho intramolecular Hbond substituents is 1. The number of hydrogen-bond donors (Lipinski definition) is 1. The summed E-state index contributed by atoms with van der Waals surface area (Å²) in [5, 5.41) is 9.63. The molecule has 0 atom stereocenters. The van der Waals surface area contributed by atoms with Crippen molar-refractivity contribution in [3.8, 4) is 11.5 Å². The van der Waals surface area contributed by atoms with Crippen LogP contribution in [0.25, 0.3) is 6.08 Å². The highest BCUT2D eigenvalue weighted by Gasteiger charge is 2.07. The highest BCUT2D eigenvalue weighted by Crippen LogP contribution is 2.33. The minimum Gasteiger partial charge on any atom is -0.504 e. The average Bonchev–Trinajstić information content (AvgIpc) is 2.47. The molecule has 0 unspecified atom stereocenters. The number of allylic oxidation sites excluding steroid dienone is 1. The molecule has 0 aliphatic carbocycles. The molecule has 0 fully saturated rings. The van der Waals surface area contributed by atoms with Gasteiger partial charge in [-0.05, 0) is 29.8 Å². The van der Waals surface area contributed by atoms with E-state index in [0.717, 1.165) is 5.56 Å². The molecule has 0 amide bonds. The monoisotopic (exact) mass is 332 g/mol. The molecule has 0 heterocycles. The molecule has 2 rings (SSSR count). The number of carbonyl (C=O) groups excluding carboxylic acids is 1. The third-order valence-corrected chi connectivity index (χ3v) is 3.46. The molecule has 0 radical (unpaired) electrons. The van der Waals surface area contributed by atoms with Crippen LogP contribution in [-0.4, -0.2) is 18.0 Å². The second kappa shape index (κ2) is 6.39. The van der Waals surface area contributed by atoms with Gasteiger partial charge in [0.2, 0.25) is 0 Å². The van der Waals surface area contributed by atoms with E-state index in [0.29, 0.717) is 15.8 Å². The van der Waals surface area contributed by atoms with Gasteiger partial charge in [-0.3, -0.25) is 4.79 Å². The SMILES string of the molecule is COc1cc(C=CC(=O)c2ccccc2)c(Br)cc1O. The zero-order chi connectivity index (χ0) is 14.5. The summed E-state index contributed by atoms with van der Waals surface area (Å²) in [4.78, 5) is 12.0. The molecule has 0 aliphatic rings. The Morgan fingerprint density at radius 1 is 1.25 bits per heavy atom.